The van der Waals surface area contributed by atoms with Crippen molar-refractivity contribution in [2.75, 3.05) is 32.8 Å². The molecule has 2 fully saturated rings. The van der Waals surface area contributed by atoms with E-state index >= 15 is 0 Å². The molecule has 0 bridgehead atoms. The van der Waals surface area contributed by atoms with Gasteiger partial charge in [-0.25, -0.2) is 0 Å². The standard InChI is InChI=1S/C20H24N2O2/c23-19(22-11-8-20(9-12-22)7-10-21-15-20)14-24-18-6-5-16-3-1-2-4-17(16)13-18/h1-6,13,21H,7-12,14-15H2. The molecule has 0 aromatic heterocycles. The average molecular weight is 324 g/mol. The lowest BCUT2D eigenvalue weighted by Gasteiger charge is -2.38. The number of amides is 1. The van der Waals surface area contributed by atoms with Gasteiger partial charge in [0.15, 0.2) is 6.61 Å². The van der Waals surface area contributed by atoms with Gasteiger partial charge in [-0.3, -0.25) is 4.79 Å². The minimum absolute atomic E-state index is 0.101. The summed E-state index contributed by atoms with van der Waals surface area (Å²) in [5, 5.41) is 5.78. The highest BCUT2D eigenvalue weighted by atomic mass is 16.5. The fourth-order valence-electron chi connectivity index (χ4n) is 3.95. The van der Waals surface area contributed by atoms with Gasteiger partial charge in [0.2, 0.25) is 0 Å². The van der Waals surface area contributed by atoms with E-state index < -0.39 is 0 Å². The third kappa shape index (κ3) is 3.11. The van der Waals surface area contributed by atoms with Crippen LogP contribution in [-0.4, -0.2) is 43.6 Å². The van der Waals surface area contributed by atoms with Gasteiger partial charge in [-0.15, -0.1) is 0 Å². The summed E-state index contributed by atoms with van der Waals surface area (Å²) in [6.45, 7) is 4.09. The van der Waals surface area contributed by atoms with Gasteiger partial charge in [0.05, 0.1) is 0 Å². The third-order valence-corrected chi connectivity index (χ3v) is 5.59. The molecule has 4 rings (SSSR count). The quantitative estimate of drug-likeness (QED) is 0.944. The second-order valence-electron chi connectivity index (χ2n) is 7.11. The Morgan fingerprint density at radius 2 is 1.88 bits per heavy atom. The molecule has 0 unspecified atom stereocenters. The molecular formula is C20H24N2O2. The Morgan fingerprint density at radius 1 is 1.08 bits per heavy atom. The zero-order chi connectivity index (χ0) is 16.4. The number of hydrogen-bond acceptors (Lipinski definition) is 3. The highest BCUT2D eigenvalue weighted by Gasteiger charge is 2.37. The van der Waals surface area contributed by atoms with Crippen LogP contribution in [0.1, 0.15) is 19.3 Å². The van der Waals surface area contributed by atoms with Gasteiger partial charge >= 0.3 is 0 Å². The van der Waals surface area contributed by atoms with Crippen LogP contribution in [0.3, 0.4) is 0 Å². The minimum atomic E-state index is 0.101. The van der Waals surface area contributed by atoms with Gasteiger partial charge in [0.1, 0.15) is 5.75 Å². The number of likely N-dealkylation sites (tertiary alicyclic amines) is 1. The highest BCUT2D eigenvalue weighted by Crippen LogP contribution is 2.36. The number of hydrogen-bond donors (Lipinski definition) is 1. The number of rotatable bonds is 3. The molecule has 2 aliphatic heterocycles. The maximum Gasteiger partial charge on any atom is 0.260 e. The van der Waals surface area contributed by atoms with Crippen LogP contribution in [0.2, 0.25) is 0 Å². The molecule has 1 amide bonds. The van der Waals surface area contributed by atoms with Gasteiger partial charge in [0.25, 0.3) is 5.91 Å². The lowest BCUT2D eigenvalue weighted by molar-refractivity contribution is -0.135. The van der Waals surface area contributed by atoms with Gasteiger partial charge in [-0.1, -0.05) is 30.3 Å². The maximum absolute atomic E-state index is 12.4. The second-order valence-corrected chi connectivity index (χ2v) is 7.11. The molecule has 126 valence electrons. The van der Waals surface area contributed by atoms with Crippen molar-refractivity contribution in [3.8, 4) is 5.75 Å². The molecule has 0 radical (unpaired) electrons. The molecular weight excluding hydrogens is 300 g/mol. The number of carbonyl (C=O) groups is 1. The van der Waals surface area contributed by atoms with E-state index in [0.29, 0.717) is 5.41 Å². The molecule has 4 heteroatoms. The van der Waals surface area contributed by atoms with Crippen molar-refractivity contribution in [1.82, 2.24) is 10.2 Å². The van der Waals surface area contributed by atoms with Crippen molar-refractivity contribution in [2.24, 2.45) is 5.41 Å². The van der Waals surface area contributed by atoms with Crippen molar-refractivity contribution >= 4 is 16.7 Å². The Labute approximate surface area is 142 Å². The number of nitrogens with zero attached hydrogens (tertiary/aromatic N) is 1. The van der Waals surface area contributed by atoms with Gasteiger partial charge in [-0.2, -0.15) is 0 Å². The summed E-state index contributed by atoms with van der Waals surface area (Å²) >= 11 is 0. The number of carbonyl (C=O) groups excluding carboxylic acids is 1. The molecule has 0 aliphatic carbocycles. The molecule has 2 aromatic rings. The molecule has 2 saturated heterocycles. The van der Waals surface area contributed by atoms with Crippen molar-refractivity contribution < 1.29 is 9.53 Å². The maximum atomic E-state index is 12.4. The van der Waals surface area contributed by atoms with E-state index in [1.165, 1.54) is 11.8 Å². The van der Waals surface area contributed by atoms with Crippen molar-refractivity contribution in [3.63, 3.8) is 0 Å². The minimum Gasteiger partial charge on any atom is -0.484 e. The van der Waals surface area contributed by atoms with Crippen LogP contribution in [0.4, 0.5) is 0 Å². The normalized spacial score (nSPS) is 19.8. The molecule has 1 N–H and O–H groups in total. The summed E-state index contributed by atoms with van der Waals surface area (Å²) in [4.78, 5) is 14.4. The summed E-state index contributed by atoms with van der Waals surface area (Å²) < 4.78 is 5.74. The first-order valence-corrected chi connectivity index (χ1v) is 8.84. The zero-order valence-electron chi connectivity index (χ0n) is 14.0. The topological polar surface area (TPSA) is 41.6 Å². The predicted molar refractivity (Wildman–Crippen MR) is 95.2 cm³/mol. The van der Waals surface area contributed by atoms with Crippen LogP contribution in [-0.2, 0) is 4.79 Å². The van der Waals surface area contributed by atoms with Crippen LogP contribution in [0, 0.1) is 5.41 Å². The summed E-state index contributed by atoms with van der Waals surface area (Å²) in [5.41, 5.74) is 0.440. The SMILES string of the molecule is O=C(COc1ccc2ccccc2c1)N1CCC2(CCNC2)CC1. The number of ether oxygens (including phenoxy) is 1. The summed E-state index contributed by atoms with van der Waals surface area (Å²) in [7, 11) is 0. The van der Waals surface area contributed by atoms with Crippen LogP contribution in [0.15, 0.2) is 42.5 Å². The van der Waals surface area contributed by atoms with Crippen molar-refractivity contribution in [2.45, 2.75) is 19.3 Å². The molecule has 0 atom stereocenters. The Hall–Kier alpha value is -2.07. The van der Waals surface area contributed by atoms with Gasteiger partial charge in [-0.05, 0) is 54.1 Å². The third-order valence-electron chi connectivity index (χ3n) is 5.59. The van der Waals surface area contributed by atoms with Gasteiger partial charge in [0, 0.05) is 19.6 Å². The molecule has 2 heterocycles. The van der Waals surface area contributed by atoms with Crippen LogP contribution in [0.25, 0.3) is 10.8 Å². The molecule has 1 spiro atoms. The molecule has 0 saturated carbocycles. The van der Waals surface area contributed by atoms with E-state index in [2.05, 4.69) is 17.4 Å². The van der Waals surface area contributed by atoms with Crippen molar-refractivity contribution in [1.29, 1.82) is 0 Å². The smallest absolute Gasteiger partial charge is 0.260 e. The zero-order valence-corrected chi connectivity index (χ0v) is 14.0. The van der Waals surface area contributed by atoms with E-state index in [1.807, 2.05) is 35.2 Å². The van der Waals surface area contributed by atoms with E-state index in [4.69, 9.17) is 4.74 Å². The van der Waals surface area contributed by atoms with Crippen LogP contribution in [0.5, 0.6) is 5.75 Å². The fourth-order valence-corrected chi connectivity index (χ4v) is 3.95. The van der Waals surface area contributed by atoms with Crippen LogP contribution >= 0.6 is 0 Å². The van der Waals surface area contributed by atoms with Gasteiger partial charge < -0.3 is 15.0 Å². The predicted octanol–water partition coefficient (Wildman–Crippen LogP) is 2.82. The molecule has 24 heavy (non-hydrogen) atoms. The lowest BCUT2D eigenvalue weighted by Crippen LogP contribution is -2.45. The Balaban J connectivity index is 1.33. The van der Waals surface area contributed by atoms with E-state index in [1.54, 1.807) is 0 Å². The highest BCUT2D eigenvalue weighted by molar-refractivity contribution is 5.84. The molecule has 4 nitrogen and oxygen atoms in total. The summed E-state index contributed by atoms with van der Waals surface area (Å²) in [6, 6.07) is 14.1. The number of fused-ring (bicyclic) bond motifs is 1. The average Bonchev–Trinajstić information content (AvgIpc) is 3.08. The Kier molecular flexibility index (Phi) is 4.15. The summed E-state index contributed by atoms with van der Waals surface area (Å²) in [5.74, 6) is 0.861. The molecule has 2 aliphatic rings. The summed E-state index contributed by atoms with van der Waals surface area (Å²) in [6.07, 6.45) is 3.48. The van der Waals surface area contributed by atoms with Crippen molar-refractivity contribution in [3.05, 3.63) is 42.5 Å². The number of nitrogens with one attached hydrogen (secondary N) is 1. The molecule has 2 aromatic carbocycles. The lowest BCUT2D eigenvalue weighted by atomic mass is 9.78. The largest absolute Gasteiger partial charge is 0.484 e. The van der Waals surface area contributed by atoms with Crippen LogP contribution < -0.4 is 10.1 Å². The van der Waals surface area contributed by atoms with E-state index in [9.17, 15) is 4.79 Å². The number of piperidine rings is 1. The Bertz CT molecular complexity index is 727. The Morgan fingerprint density at radius 3 is 2.62 bits per heavy atom. The fraction of sp³-hybridized carbons (Fsp3) is 0.450. The first-order valence-electron chi connectivity index (χ1n) is 8.84. The monoisotopic (exact) mass is 324 g/mol. The van der Waals surface area contributed by atoms with E-state index in [0.717, 1.165) is 50.2 Å². The number of benzene rings is 2. The first kappa shape index (κ1) is 15.5. The van der Waals surface area contributed by atoms with E-state index in [-0.39, 0.29) is 12.5 Å². The second kappa shape index (κ2) is 6.44. The first-order chi connectivity index (χ1) is 11.7.